The number of carbonyl (C=O) groups excluding carboxylic acids is 1. The molecule has 2 aliphatic rings. The third kappa shape index (κ3) is 5.61. The Morgan fingerprint density at radius 1 is 0.886 bits per heavy atom. The molecule has 0 aromatic heterocycles. The Morgan fingerprint density at radius 3 is 2.26 bits per heavy atom. The van der Waals surface area contributed by atoms with Crippen LogP contribution in [0.4, 0.5) is 4.39 Å². The van der Waals surface area contributed by atoms with Crippen LogP contribution in [0.5, 0.6) is 0 Å². The van der Waals surface area contributed by atoms with Gasteiger partial charge in [-0.05, 0) is 34.9 Å². The van der Waals surface area contributed by atoms with E-state index in [4.69, 9.17) is 16.7 Å². The van der Waals surface area contributed by atoms with E-state index in [1.54, 1.807) is 17.1 Å². The van der Waals surface area contributed by atoms with Crippen LogP contribution in [-0.4, -0.2) is 59.2 Å². The standard InChI is InChI=1S/C28H28ClFN4O/c29-25-9-5-4-8-24(25)27-18-26(22-10-12-23(30)13-11-22)31-34(27)28(35)20-33-16-14-32(15-17-33)19-21-6-2-1-3-7-21/h1-13,27H,14-20H2/t27-/m1/s1. The van der Waals surface area contributed by atoms with Gasteiger partial charge in [-0.15, -0.1) is 0 Å². The van der Waals surface area contributed by atoms with Crippen LogP contribution in [0.25, 0.3) is 0 Å². The van der Waals surface area contributed by atoms with Gasteiger partial charge in [0.05, 0.1) is 18.3 Å². The van der Waals surface area contributed by atoms with Gasteiger partial charge in [0.2, 0.25) is 0 Å². The molecule has 3 aromatic carbocycles. The van der Waals surface area contributed by atoms with E-state index in [0.29, 0.717) is 18.0 Å². The van der Waals surface area contributed by atoms with E-state index in [1.807, 2.05) is 30.3 Å². The van der Waals surface area contributed by atoms with E-state index in [-0.39, 0.29) is 17.8 Å². The first-order chi connectivity index (χ1) is 17.1. The lowest BCUT2D eigenvalue weighted by atomic mass is 9.98. The van der Waals surface area contributed by atoms with Crippen molar-refractivity contribution in [3.05, 3.63) is 106 Å². The van der Waals surface area contributed by atoms with Crippen molar-refractivity contribution in [2.45, 2.75) is 19.0 Å². The lowest BCUT2D eigenvalue weighted by Crippen LogP contribution is -2.49. The summed E-state index contributed by atoms with van der Waals surface area (Å²) in [6.07, 6.45) is 0.534. The van der Waals surface area contributed by atoms with Gasteiger partial charge >= 0.3 is 0 Å². The van der Waals surface area contributed by atoms with Crippen molar-refractivity contribution in [2.75, 3.05) is 32.7 Å². The van der Waals surface area contributed by atoms with Gasteiger partial charge in [-0.2, -0.15) is 5.10 Å². The van der Waals surface area contributed by atoms with Crippen molar-refractivity contribution in [3.63, 3.8) is 0 Å². The fourth-order valence-electron chi connectivity index (χ4n) is 4.76. The Bertz CT molecular complexity index is 1190. The maximum absolute atomic E-state index is 13.5. The molecule has 0 unspecified atom stereocenters. The molecule has 0 aliphatic carbocycles. The third-order valence-corrected chi connectivity index (χ3v) is 7.02. The minimum absolute atomic E-state index is 0.0523. The molecule has 35 heavy (non-hydrogen) atoms. The number of rotatable bonds is 6. The summed E-state index contributed by atoms with van der Waals surface area (Å²) in [7, 11) is 0. The Morgan fingerprint density at radius 2 is 1.54 bits per heavy atom. The molecule has 0 spiro atoms. The number of halogens is 2. The van der Waals surface area contributed by atoms with Crippen molar-refractivity contribution in [3.8, 4) is 0 Å². The predicted molar refractivity (Wildman–Crippen MR) is 137 cm³/mol. The number of carbonyl (C=O) groups is 1. The molecule has 5 nitrogen and oxygen atoms in total. The molecule has 7 heteroatoms. The summed E-state index contributed by atoms with van der Waals surface area (Å²) in [6, 6.07) is 24.0. The van der Waals surface area contributed by atoms with Crippen molar-refractivity contribution < 1.29 is 9.18 Å². The van der Waals surface area contributed by atoms with Crippen LogP contribution in [0.1, 0.15) is 29.2 Å². The largest absolute Gasteiger partial charge is 0.297 e. The molecular formula is C28H28ClFN4O. The van der Waals surface area contributed by atoms with Crippen LogP contribution in [0, 0.1) is 5.82 Å². The number of hydrogen-bond acceptors (Lipinski definition) is 4. The second-order valence-electron chi connectivity index (χ2n) is 9.07. The first kappa shape index (κ1) is 23.7. The van der Waals surface area contributed by atoms with Gasteiger partial charge in [0.15, 0.2) is 0 Å². The van der Waals surface area contributed by atoms with Crippen LogP contribution in [0.15, 0.2) is 84.0 Å². The molecule has 0 radical (unpaired) electrons. The first-order valence-corrected chi connectivity index (χ1v) is 12.3. The second-order valence-corrected chi connectivity index (χ2v) is 9.48. The van der Waals surface area contributed by atoms with Crippen molar-refractivity contribution in [1.29, 1.82) is 0 Å². The van der Waals surface area contributed by atoms with Crippen LogP contribution < -0.4 is 0 Å². The predicted octanol–water partition coefficient (Wildman–Crippen LogP) is 4.97. The van der Waals surface area contributed by atoms with Crippen molar-refractivity contribution >= 4 is 23.2 Å². The average molecular weight is 491 g/mol. The molecule has 1 saturated heterocycles. The number of benzene rings is 3. The van der Waals surface area contributed by atoms with Gasteiger partial charge in [0.25, 0.3) is 5.91 Å². The maximum atomic E-state index is 13.5. The van der Waals surface area contributed by atoms with Crippen molar-refractivity contribution in [2.24, 2.45) is 5.10 Å². The number of hydrazone groups is 1. The number of amides is 1. The maximum Gasteiger partial charge on any atom is 0.257 e. The molecular weight excluding hydrogens is 463 g/mol. The summed E-state index contributed by atoms with van der Waals surface area (Å²) in [5.74, 6) is -0.349. The molecule has 0 N–H and O–H groups in total. The molecule has 1 amide bonds. The SMILES string of the molecule is O=C(CN1CCN(Cc2ccccc2)CC1)N1N=C(c2ccc(F)cc2)C[C@@H]1c1ccccc1Cl. The summed E-state index contributed by atoms with van der Waals surface area (Å²) in [5, 5.41) is 6.90. The Balaban J connectivity index is 1.28. The molecule has 0 bridgehead atoms. The Kier molecular flexibility index (Phi) is 7.23. The van der Waals surface area contributed by atoms with Gasteiger partial charge in [0, 0.05) is 44.2 Å². The lowest BCUT2D eigenvalue weighted by molar-refractivity contribution is -0.134. The van der Waals surface area contributed by atoms with E-state index >= 15 is 0 Å². The first-order valence-electron chi connectivity index (χ1n) is 12.0. The topological polar surface area (TPSA) is 39.2 Å². The van der Waals surface area contributed by atoms with E-state index < -0.39 is 0 Å². The van der Waals surface area contributed by atoms with E-state index in [0.717, 1.165) is 49.6 Å². The molecule has 1 fully saturated rings. The molecule has 2 aliphatic heterocycles. The Labute approximate surface area is 210 Å². The summed E-state index contributed by atoms with van der Waals surface area (Å²) >= 11 is 6.51. The van der Waals surface area contributed by atoms with Crippen LogP contribution in [-0.2, 0) is 11.3 Å². The van der Waals surface area contributed by atoms with E-state index in [1.165, 1.54) is 17.7 Å². The van der Waals surface area contributed by atoms with Gasteiger partial charge in [-0.1, -0.05) is 72.3 Å². The van der Waals surface area contributed by atoms with Gasteiger partial charge in [-0.25, -0.2) is 9.40 Å². The third-order valence-electron chi connectivity index (χ3n) is 6.68. The quantitative estimate of drug-likeness (QED) is 0.489. The highest BCUT2D eigenvalue weighted by Gasteiger charge is 2.35. The lowest BCUT2D eigenvalue weighted by Gasteiger charge is -2.35. The zero-order chi connectivity index (χ0) is 24.2. The number of hydrogen-bond donors (Lipinski definition) is 0. The summed E-state index contributed by atoms with van der Waals surface area (Å²) < 4.78 is 13.5. The molecule has 2 heterocycles. The van der Waals surface area contributed by atoms with Gasteiger partial charge in [0.1, 0.15) is 5.82 Å². The van der Waals surface area contributed by atoms with E-state index in [2.05, 4.69) is 34.1 Å². The molecule has 5 rings (SSSR count). The monoisotopic (exact) mass is 490 g/mol. The summed E-state index contributed by atoms with van der Waals surface area (Å²) in [6.45, 7) is 4.73. The second kappa shape index (κ2) is 10.7. The Hall–Kier alpha value is -3.06. The van der Waals surface area contributed by atoms with Crippen LogP contribution >= 0.6 is 11.6 Å². The average Bonchev–Trinajstić information content (AvgIpc) is 3.32. The zero-order valence-electron chi connectivity index (χ0n) is 19.5. The smallest absolute Gasteiger partial charge is 0.257 e. The summed E-state index contributed by atoms with van der Waals surface area (Å²) in [4.78, 5) is 18.1. The number of nitrogens with zero attached hydrogens (tertiary/aromatic N) is 4. The minimum atomic E-state index is -0.297. The molecule has 180 valence electrons. The minimum Gasteiger partial charge on any atom is -0.297 e. The molecule has 0 saturated carbocycles. The van der Waals surface area contributed by atoms with Gasteiger partial charge < -0.3 is 0 Å². The fraction of sp³-hybridized carbons (Fsp3) is 0.286. The van der Waals surface area contributed by atoms with Crippen LogP contribution in [0.2, 0.25) is 5.02 Å². The van der Waals surface area contributed by atoms with E-state index in [9.17, 15) is 9.18 Å². The number of piperazine rings is 1. The van der Waals surface area contributed by atoms with Crippen LogP contribution in [0.3, 0.4) is 0 Å². The van der Waals surface area contributed by atoms with Gasteiger partial charge in [-0.3, -0.25) is 14.6 Å². The van der Waals surface area contributed by atoms with Crippen molar-refractivity contribution in [1.82, 2.24) is 14.8 Å². The molecule has 1 atom stereocenters. The highest BCUT2D eigenvalue weighted by atomic mass is 35.5. The zero-order valence-corrected chi connectivity index (χ0v) is 20.2. The highest BCUT2D eigenvalue weighted by Crippen LogP contribution is 2.36. The normalized spacial score (nSPS) is 19.1. The summed E-state index contributed by atoms with van der Waals surface area (Å²) in [5.41, 5.74) is 3.75. The molecule has 3 aromatic rings. The fourth-order valence-corrected chi connectivity index (χ4v) is 5.02. The highest BCUT2D eigenvalue weighted by molar-refractivity contribution is 6.31.